The lowest BCUT2D eigenvalue weighted by atomic mass is 9.68. The summed E-state index contributed by atoms with van der Waals surface area (Å²) in [4.78, 5) is 20.0. The van der Waals surface area contributed by atoms with Gasteiger partial charge >= 0.3 is 0 Å². The van der Waals surface area contributed by atoms with E-state index in [-0.39, 0.29) is 11.7 Å². The molecular weight excluding hydrogens is 360 g/mol. The minimum atomic E-state index is 0.0401. The van der Waals surface area contributed by atoms with Crippen molar-refractivity contribution in [2.75, 3.05) is 13.1 Å². The molecule has 3 aliphatic rings. The predicted molar refractivity (Wildman–Crippen MR) is 113 cm³/mol. The number of allylic oxidation sites excluding steroid dienone is 1. The molecule has 0 spiro atoms. The van der Waals surface area contributed by atoms with Crippen LogP contribution in [0.1, 0.15) is 30.3 Å². The molecule has 1 aliphatic heterocycles. The molecule has 0 bridgehead atoms. The number of phenols is 1. The van der Waals surface area contributed by atoms with E-state index in [1.54, 1.807) is 12.1 Å². The van der Waals surface area contributed by atoms with Crippen molar-refractivity contribution in [2.24, 2.45) is 35.5 Å². The van der Waals surface area contributed by atoms with E-state index in [1.165, 1.54) is 6.42 Å². The van der Waals surface area contributed by atoms with Crippen molar-refractivity contribution in [2.45, 2.75) is 19.8 Å². The van der Waals surface area contributed by atoms with Gasteiger partial charge in [-0.15, -0.1) is 6.58 Å². The molecule has 1 N–H and O–H groups in total. The molecular formula is C25H28N2O2. The van der Waals surface area contributed by atoms with Gasteiger partial charge in [0.25, 0.3) is 5.91 Å². The zero-order valence-electron chi connectivity index (χ0n) is 16.9. The Morgan fingerprint density at radius 2 is 1.90 bits per heavy atom. The van der Waals surface area contributed by atoms with Crippen LogP contribution in [0.3, 0.4) is 0 Å². The number of amides is 1. The van der Waals surface area contributed by atoms with Gasteiger partial charge in [0.05, 0.1) is 5.69 Å². The summed E-state index contributed by atoms with van der Waals surface area (Å²) in [5, 5.41) is 9.51. The van der Waals surface area contributed by atoms with Crippen LogP contribution in [-0.2, 0) is 0 Å². The number of phenolic OH excluding ortho intramolecular Hbond substituents is 1. The maximum atomic E-state index is 13.3. The van der Waals surface area contributed by atoms with E-state index >= 15 is 0 Å². The van der Waals surface area contributed by atoms with Crippen LogP contribution in [0, 0.1) is 35.5 Å². The first-order chi connectivity index (χ1) is 14.1. The molecule has 6 atom stereocenters. The molecule has 2 aliphatic carbocycles. The van der Waals surface area contributed by atoms with Crippen LogP contribution in [-0.4, -0.2) is 34.0 Å². The first kappa shape index (κ1) is 18.4. The van der Waals surface area contributed by atoms with Crippen LogP contribution in [0.5, 0.6) is 5.75 Å². The number of carbonyl (C=O) groups is 1. The molecule has 5 rings (SSSR count). The van der Waals surface area contributed by atoms with Crippen molar-refractivity contribution in [3.63, 3.8) is 0 Å². The molecule has 1 aromatic carbocycles. The Kier molecular flexibility index (Phi) is 4.45. The van der Waals surface area contributed by atoms with Crippen LogP contribution in [0.25, 0.3) is 11.3 Å². The van der Waals surface area contributed by atoms with Gasteiger partial charge in [0.2, 0.25) is 0 Å². The third kappa shape index (κ3) is 3.15. The Morgan fingerprint density at radius 3 is 2.66 bits per heavy atom. The SMILES string of the molecule is C=CCC1C2CC2C(C)C2CN(C(=O)c3cccc(-c4ccc(O)cc4)n3)CC21. The van der Waals surface area contributed by atoms with Crippen LogP contribution >= 0.6 is 0 Å². The standard InChI is InChI=1S/C25H28N2O2/c1-3-5-18-20-12-19(20)15(2)21-13-27(14-22(18)21)25(29)24-7-4-6-23(26-24)16-8-10-17(28)11-9-16/h3-4,6-11,15,18-22,28H,1,5,12-14H2,2H3. The highest BCUT2D eigenvalue weighted by atomic mass is 16.3. The van der Waals surface area contributed by atoms with E-state index in [2.05, 4.69) is 24.6 Å². The van der Waals surface area contributed by atoms with Crippen molar-refractivity contribution in [1.82, 2.24) is 9.88 Å². The number of pyridine rings is 1. The molecule has 6 unspecified atom stereocenters. The number of fused-ring (bicyclic) bond motifs is 2. The summed E-state index contributed by atoms with van der Waals surface area (Å²) in [6.07, 6.45) is 4.52. The number of aromatic nitrogens is 1. The summed E-state index contributed by atoms with van der Waals surface area (Å²) in [7, 11) is 0. The second-order valence-corrected chi connectivity index (χ2v) is 9.10. The number of benzene rings is 1. The van der Waals surface area contributed by atoms with Gasteiger partial charge in [0, 0.05) is 18.7 Å². The van der Waals surface area contributed by atoms with Gasteiger partial charge in [0.1, 0.15) is 11.4 Å². The van der Waals surface area contributed by atoms with E-state index in [0.717, 1.165) is 42.6 Å². The highest BCUT2D eigenvalue weighted by molar-refractivity contribution is 5.93. The average molecular weight is 389 g/mol. The van der Waals surface area contributed by atoms with E-state index in [4.69, 9.17) is 0 Å². The molecule has 29 heavy (non-hydrogen) atoms. The predicted octanol–water partition coefficient (Wildman–Crippen LogP) is 4.62. The molecule has 4 nitrogen and oxygen atoms in total. The third-order valence-corrected chi connectivity index (χ3v) is 7.61. The fraction of sp³-hybridized carbons (Fsp3) is 0.440. The lowest BCUT2D eigenvalue weighted by Crippen LogP contribution is -2.34. The van der Waals surface area contributed by atoms with Crippen molar-refractivity contribution in [3.05, 3.63) is 60.8 Å². The quantitative estimate of drug-likeness (QED) is 0.778. The molecule has 2 heterocycles. The fourth-order valence-corrected chi connectivity index (χ4v) is 6.05. The van der Waals surface area contributed by atoms with Crippen LogP contribution in [0.15, 0.2) is 55.1 Å². The Bertz CT molecular complexity index is 938. The van der Waals surface area contributed by atoms with E-state index in [9.17, 15) is 9.90 Å². The van der Waals surface area contributed by atoms with E-state index in [1.807, 2.05) is 35.2 Å². The second kappa shape index (κ2) is 7.01. The van der Waals surface area contributed by atoms with Gasteiger partial charge in [-0.05, 0) is 84.7 Å². The Hall–Kier alpha value is -2.62. The molecule has 0 radical (unpaired) electrons. The van der Waals surface area contributed by atoms with Gasteiger partial charge < -0.3 is 10.0 Å². The maximum absolute atomic E-state index is 13.3. The van der Waals surface area contributed by atoms with Crippen LogP contribution in [0.4, 0.5) is 0 Å². The summed E-state index contributed by atoms with van der Waals surface area (Å²) in [5.74, 6) is 4.56. The zero-order chi connectivity index (χ0) is 20.1. The summed E-state index contributed by atoms with van der Waals surface area (Å²) in [5.41, 5.74) is 2.16. The fourth-order valence-electron chi connectivity index (χ4n) is 6.05. The molecule has 2 aromatic rings. The molecule has 4 heteroatoms. The summed E-state index contributed by atoms with van der Waals surface area (Å²) >= 11 is 0. The molecule has 1 saturated heterocycles. The van der Waals surface area contributed by atoms with Gasteiger partial charge in [-0.25, -0.2) is 4.98 Å². The molecule has 2 saturated carbocycles. The summed E-state index contributed by atoms with van der Waals surface area (Å²) in [6, 6.07) is 12.5. The number of aromatic hydroxyl groups is 1. The smallest absolute Gasteiger partial charge is 0.272 e. The largest absolute Gasteiger partial charge is 0.508 e. The Labute approximate surface area is 172 Å². The zero-order valence-corrected chi connectivity index (χ0v) is 16.9. The van der Waals surface area contributed by atoms with E-state index < -0.39 is 0 Å². The Morgan fingerprint density at radius 1 is 1.14 bits per heavy atom. The number of hydrogen-bond acceptors (Lipinski definition) is 3. The lowest BCUT2D eigenvalue weighted by Gasteiger charge is -2.36. The maximum Gasteiger partial charge on any atom is 0.272 e. The van der Waals surface area contributed by atoms with Gasteiger partial charge in [-0.2, -0.15) is 0 Å². The number of likely N-dealkylation sites (tertiary alicyclic amines) is 1. The number of carbonyl (C=O) groups excluding carboxylic acids is 1. The number of rotatable bonds is 4. The van der Waals surface area contributed by atoms with Crippen LogP contribution < -0.4 is 0 Å². The topological polar surface area (TPSA) is 53.4 Å². The first-order valence-corrected chi connectivity index (χ1v) is 10.7. The monoisotopic (exact) mass is 388 g/mol. The van der Waals surface area contributed by atoms with Gasteiger partial charge in [-0.3, -0.25) is 4.79 Å². The van der Waals surface area contributed by atoms with Crippen molar-refractivity contribution >= 4 is 5.91 Å². The number of hydrogen-bond donors (Lipinski definition) is 1. The van der Waals surface area contributed by atoms with Crippen molar-refractivity contribution in [1.29, 1.82) is 0 Å². The Balaban J connectivity index is 1.37. The van der Waals surface area contributed by atoms with Crippen molar-refractivity contribution in [3.8, 4) is 17.0 Å². The molecule has 1 amide bonds. The van der Waals surface area contributed by atoms with Crippen molar-refractivity contribution < 1.29 is 9.90 Å². The van der Waals surface area contributed by atoms with Crippen LogP contribution in [0.2, 0.25) is 0 Å². The minimum absolute atomic E-state index is 0.0401. The molecule has 3 fully saturated rings. The summed E-state index contributed by atoms with van der Waals surface area (Å²) < 4.78 is 0. The van der Waals surface area contributed by atoms with Gasteiger partial charge in [-0.1, -0.05) is 19.1 Å². The van der Waals surface area contributed by atoms with E-state index in [0.29, 0.717) is 29.4 Å². The normalized spacial score (nSPS) is 32.4. The summed E-state index contributed by atoms with van der Waals surface area (Å²) in [6.45, 7) is 8.08. The second-order valence-electron chi connectivity index (χ2n) is 9.10. The lowest BCUT2D eigenvalue weighted by molar-refractivity contribution is 0.0774. The molecule has 150 valence electrons. The number of nitrogens with zero attached hydrogens (tertiary/aromatic N) is 2. The third-order valence-electron chi connectivity index (χ3n) is 7.61. The van der Waals surface area contributed by atoms with Gasteiger partial charge in [0.15, 0.2) is 0 Å². The highest BCUT2D eigenvalue weighted by Gasteiger charge is 2.58. The minimum Gasteiger partial charge on any atom is -0.508 e. The first-order valence-electron chi connectivity index (χ1n) is 10.7. The average Bonchev–Trinajstić information content (AvgIpc) is 3.42. The highest BCUT2D eigenvalue weighted by Crippen LogP contribution is 2.62. The molecule has 1 aromatic heterocycles.